The van der Waals surface area contributed by atoms with E-state index >= 15 is 0 Å². The van der Waals surface area contributed by atoms with E-state index in [9.17, 15) is 9.59 Å². The van der Waals surface area contributed by atoms with Gasteiger partial charge < -0.3 is 10.5 Å². The first-order chi connectivity index (χ1) is 7.66. The Kier molecular flexibility index (Phi) is 3.01. The van der Waals surface area contributed by atoms with Gasteiger partial charge in [-0.1, -0.05) is 30.3 Å². The third-order valence-corrected chi connectivity index (χ3v) is 2.70. The zero-order valence-electron chi connectivity index (χ0n) is 8.76. The van der Waals surface area contributed by atoms with Gasteiger partial charge >= 0.3 is 11.9 Å². The van der Waals surface area contributed by atoms with E-state index in [1.54, 1.807) is 0 Å². The zero-order valence-corrected chi connectivity index (χ0v) is 8.76. The summed E-state index contributed by atoms with van der Waals surface area (Å²) in [5, 5.41) is 0. The average molecular weight is 219 g/mol. The highest BCUT2D eigenvalue weighted by Crippen LogP contribution is 2.20. The van der Waals surface area contributed by atoms with Crippen molar-refractivity contribution in [3.05, 3.63) is 35.9 Å². The van der Waals surface area contributed by atoms with Gasteiger partial charge in [0.05, 0.1) is 5.92 Å². The number of hydrogen-bond donors (Lipinski definition) is 1. The van der Waals surface area contributed by atoms with E-state index in [1.165, 1.54) is 0 Å². The van der Waals surface area contributed by atoms with Gasteiger partial charge in [-0.25, -0.2) is 4.79 Å². The monoisotopic (exact) mass is 219 g/mol. The minimum atomic E-state index is -0.675. The standard InChI is InChI=1S/C12H13NO3/c13-10-7-9(11(14)16-12(10)15)6-8-4-2-1-3-5-8/h1-5,9-10H,6-7,13H2. The Labute approximate surface area is 93.4 Å². The van der Waals surface area contributed by atoms with Crippen molar-refractivity contribution in [2.75, 3.05) is 0 Å². The molecule has 1 fully saturated rings. The van der Waals surface area contributed by atoms with Gasteiger partial charge in [0.25, 0.3) is 0 Å². The molecule has 0 aromatic heterocycles. The number of nitrogens with two attached hydrogens (primary N) is 1. The number of esters is 2. The number of hydrogen-bond acceptors (Lipinski definition) is 4. The molecule has 0 amide bonds. The maximum absolute atomic E-state index is 11.5. The van der Waals surface area contributed by atoms with Crippen LogP contribution in [0.5, 0.6) is 0 Å². The molecule has 2 N–H and O–H groups in total. The predicted molar refractivity (Wildman–Crippen MR) is 57.3 cm³/mol. The number of carbonyl (C=O) groups is 2. The summed E-state index contributed by atoms with van der Waals surface area (Å²) in [6.45, 7) is 0. The lowest BCUT2D eigenvalue weighted by Crippen LogP contribution is -2.44. The van der Waals surface area contributed by atoms with Crippen molar-refractivity contribution in [2.24, 2.45) is 11.7 Å². The van der Waals surface area contributed by atoms with Gasteiger partial charge in [0.2, 0.25) is 0 Å². The normalized spacial score (nSPS) is 25.3. The molecule has 0 bridgehead atoms. The second-order valence-corrected chi connectivity index (χ2v) is 3.97. The first-order valence-corrected chi connectivity index (χ1v) is 5.22. The van der Waals surface area contributed by atoms with Crippen LogP contribution in [-0.4, -0.2) is 18.0 Å². The minimum absolute atomic E-state index is 0.310. The summed E-state index contributed by atoms with van der Waals surface area (Å²) in [7, 11) is 0. The quantitative estimate of drug-likeness (QED) is 0.585. The molecule has 84 valence electrons. The van der Waals surface area contributed by atoms with E-state index in [0.29, 0.717) is 12.8 Å². The fraction of sp³-hybridized carbons (Fsp3) is 0.333. The van der Waals surface area contributed by atoms with E-state index < -0.39 is 18.0 Å². The first kappa shape index (κ1) is 10.8. The highest BCUT2D eigenvalue weighted by molar-refractivity contribution is 5.92. The molecule has 2 rings (SSSR count). The third kappa shape index (κ3) is 2.28. The molecule has 1 aromatic rings. The van der Waals surface area contributed by atoms with E-state index in [2.05, 4.69) is 4.74 Å². The van der Waals surface area contributed by atoms with E-state index in [-0.39, 0.29) is 5.92 Å². The van der Waals surface area contributed by atoms with Crippen LogP contribution in [-0.2, 0) is 20.7 Å². The van der Waals surface area contributed by atoms with Crippen molar-refractivity contribution < 1.29 is 14.3 Å². The Bertz CT molecular complexity index is 402. The lowest BCUT2D eigenvalue weighted by Gasteiger charge is -2.23. The second kappa shape index (κ2) is 4.45. The molecule has 0 spiro atoms. The summed E-state index contributed by atoms with van der Waals surface area (Å²) in [5.41, 5.74) is 6.60. The van der Waals surface area contributed by atoms with Gasteiger partial charge in [0.1, 0.15) is 6.04 Å². The highest BCUT2D eigenvalue weighted by Gasteiger charge is 2.34. The molecule has 4 nitrogen and oxygen atoms in total. The molecule has 2 atom stereocenters. The third-order valence-electron chi connectivity index (χ3n) is 2.70. The fourth-order valence-corrected chi connectivity index (χ4v) is 1.82. The van der Waals surface area contributed by atoms with E-state index in [4.69, 9.17) is 5.73 Å². The van der Waals surface area contributed by atoms with Gasteiger partial charge in [-0.3, -0.25) is 4.79 Å². The summed E-state index contributed by atoms with van der Waals surface area (Å²) in [5.74, 6) is -1.39. The summed E-state index contributed by atoms with van der Waals surface area (Å²) in [6, 6.07) is 8.94. The maximum Gasteiger partial charge on any atom is 0.330 e. The maximum atomic E-state index is 11.5. The molecule has 1 saturated heterocycles. The van der Waals surface area contributed by atoms with E-state index in [1.807, 2.05) is 30.3 Å². The minimum Gasteiger partial charge on any atom is -0.392 e. The Balaban J connectivity index is 2.05. The van der Waals surface area contributed by atoms with Crippen LogP contribution in [0.1, 0.15) is 12.0 Å². The van der Waals surface area contributed by atoms with Gasteiger partial charge in [-0.15, -0.1) is 0 Å². The molecule has 0 radical (unpaired) electrons. The van der Waals surface area contributed by atoms with Crippen molar-refractivity contribution in [2.45, 2.75) is 18.9 Å². The van der Waals surface area contributed by atoms with Crippen molar-refractivity contribution in [1.29, 1.82) is 0 Å². The van der Waals surface area contributed by atoms with Crippen LogP contribution in [0.15, 0.2) is 30.3 Å². The summed E-state index contributed by atoms with van der Waals surface area (Å²) in [6.07, 6.45) is 0.938. The highest BCUT2D eigenvalue weighted by atomic mass is 16.6. The Morgan fingerprint density at radius 1 is 1.19 bits per heavy atom. The Hall–Kier alpha value is -1.68. The number of carbonyl (C=O) groups excluding carboxylic acids is 2. The van der Waals surface area contributed by atoms with Crippen LogP contribution >= 0.6 is 0 Å². The van der Waals surface area contributed by atoms with E-state index in [0.717, 1.165) is 5.56 Å². The predicted octanol–water partition coefficient (Wildman–Crippen LogP) is 0.646. The summed E-state index contributed by atoms with van der Waals surface area (Å²) in [4.78, 5) is 22.5. The molecule has 1 aliphatic heterocycles. The molecule has 0 aliphatic carbocycles. The lowest BCUT2D eigenvalue weighted by atomic mass is 9.91. The number of benzene rings is 1. The molecule has 1 aliphatic rings. The summed E-state index contributed by atoms with van der Waals surface area (Å²) >= 11 is 0. The SMILES string of the molecule is NC1CC(Cc2ccccc2)C(=O)OC1=O. The molecule has 2 unspecified atom stereocenters. The topological polar surface area (TPSA) is 69.4 Å². The van der Waals surface area contributed by atoms with Crippen molar-refractivity contribution in [3.8, 4) is 0 Å². The fourth-order valence-electron chi connectivity index (χ4n) is 1.82. The van der Waals surface area contributed by atoms with Crippen molar-refractivity contribution in [1.82, 2.24) is 0 Å². The van der Waals surface area contributed by atoms with Crippen LogP contribution in [0.2, 0.25) is 0 Å². The van der Waals surface area contributed by atoms with Crippen LogP contribution in [0.4, 0.5) is 0 Å². The van der Waals surface area contributed by atoms with Gasteiger partial charge in [0.15, 0.2) is 0 Å². The number of ether oxygens (including phenoxy) is 1. The van der Waals surface area contributed by atoms with Gasteiger partial charge in [-0.05, 0) is 18.4 Å². The van der Waals surface area contributed by atoms with Gasteiger partial charge in [-0.2, -0.15) is 0 Å². The van der Waals surface area contributed by atoms with Crippen LogP contribution in [0.3, 0.4) is 0 Å². The molecular formula is C12H13NO3. The molecular weight excluding hydrogens is 206 g/mol. The molecule has 16 heavy (non-hydrogen) atoms. The first-order valence-electron chi connectivity index (χ1n) is 5.22. The Morgan fingerprint density at radius 3 is 2.56 bits per heavy atom. The summed E-state index contributed by atoms with van der Waals surface area (Å²) < 4.78 is 4.58. The van der Waals surface area contributed by atoms with Crippen LogP contribution in [0, 0.1) is 5.92 Å². The molecule has 1 aromatic carbocycles. The molecule has 1 heterocycles. The van der Waals surface area contributed by atoms with Crippen LogP contribution < -0.4 is 5.73 Å². The number of rotatable bonds is 2. The molecule has 0 saturated carbocycles. The van der Waals surface area contributed by atoms with Crippen molar-refractivity contribution in [3.63, 3.8) is 0 Å². The average Bonchev–Trinajstić information content (AvgIpc) is 2.27. The van der Waals surface area contributed by atoms with Crippen LogP contribution in [0.25, 0.3) is 0 Å². The zero-order chi connectivity index (χ0) is 11.5. The van der Waals surface area contributed by atoms with Crippen molar-refractivity contribution >= 4 is 11.9 Å². The molecule has 4 heteroatoms. The number of cyclic esters (lactones) is 2. The second-order valence-electron chi connectivity index (χ2n) is 3.97. The largest absolute Gasteiger partial charge is 0.392 e. The lowest BCUT2D eigenvalue weighted by molar-refractivity contribution is -0.168. The smallest absolute Gasteiger partial charge is 0.330 e. The van der Waals surface area contributed by atoms with Gasteiger partial charge in [0, 0.05) is 0 Å². The Morgan fingerprint density at radius 2 is 1.88 bits per heavy atom.